The van der Waals surface area contributed by atoms with Crippen molar-refractivity contribution in [3.8, 4) is 0 Å². The first-order chi connectivity index (χ1) is 9.23. The summed E-state index contributed by atoms with van der Waals surface area (Å²) in [5.74, 6) is 0.179. The van der Waals surface area contributed by atoms with Gasteiger partial charge in [-0.25, -0.2) is 0 Å². The van der Waals surface area contributed by atoms with Crippen LogP contribution in [0.25, 0.3) is 6.08 Å². The first-order valence-corrected chi connectivity index (χ1v) is 6.83. The number of nitrogens with one attached hydrogen (secondary N) is 1. The highest BCUT2D eigenvalue weighted by Gasteiger charge is 2.40. The predicted molar refractivity (Wildman–Crippen MR) is 80.7 cm³/mol. The highest BCUT2D eigenvalue weighted by molar-refractivity contribution is 6.03. The lowest BCUT2D eigenvalue weighted by Crippen LogP contribution is -2.59. The quantitative estimate of drug-likeness (QED) is 0.664. The number of aldehydes is 1. The number of rotatable bonds is 2. The van der Waals surface area contributed by atoms with Crippen LogP contribution in [-0.4, -0.2) is 23.1 Å². The average molecular weight is 271 g/mol. The van der Waals surface area contributed by atoms with Crippen molar-refractivity contribution in [1.82, 2.24) is 5.32 Å². The fraction of sp³-hybridized carbons (Fsp3) is 0.412. The van der Waals surface area contributed by atoms with Gasteiger partial charge in [-0.15, -0.1) is 0 Å². The van der Waals surface area contributed by atoms with Crippen molar-refractivity contribution in [3.63, 3.8) is 0 Å². The van der Waals surface area contributed by atoms with Crippen LogP contribution in [0.5, 0.6) is 0 Å². The van der Waals surface area contributed by atoms with Crippen LogP contribution in [0.2, 0.25) is 0 Å². The summed E-state index contributed by atoms with van der Waals surface area (Å²) >= 11 is 0. The molecule has 0 bridgehead atoms. The van der Waals surface area contributed by atoms with Crippen molar-refractivity contribution in [1.29, 1.82) is 0 Å². The zero-order chi connectivity index (χ0) is 15.0. The van der Waals surface area contributed by atoms with E-state index in [4.69, 9.17) is 0 Å². The molecule has 0 atom stereocenters. The summed E-state index contributed by atoms with van der Waals surface area (Å²) in [6.45, 7) is 8.14. The Bertz CT molecular complexity index is 565. The topological polar surface area (TPSA) is 46.2 Å². The predicted octanol–water partition coefficient (Wildman–Crippen LogP) is 3.00. The van der Waals surface area contributed by atoms with Crippen LogP contribution in [0.3, 0.4) is 0 Å². The van der Waals surface area contributed by atoms with Gasteiger partial charge in [-0.1, -0.05) is 24.3 Å². The van der Waals surface area contributed by atoms with E-state index in [0.29, 0.717) is 12.0 Å². The minimum atomic E-state index is -0.359. The van der Waals surface area contributed by atoms with Gasteiger partial charge >= 0.3 is 0 Å². The minimum absolute atomic E-state index is 0.179. The van der Waals surface area contributed by atoms with E-state index in [0.717, 1.165) is 17.4 Å². The molecular formula is C17H21NO2. The summed E-state index contributed by atoms with van der Waals surface area (Å²) < 4.78 is 0. The average Bonchev–Trinajstić information content (AvgIpc) is 2.32. The molecule has 1 aromatic rings. The molecule has 106 valence electrons. The molecule has 1 saturated heterocycles. The van der Waals surface area contributed by atoms with E-state index in [9.17, 15) is 9.59 Å². The molecule has 1 aromatic carbocycles. The molecule has 2 rings (SSSR count). The van der Waals surface area contributed by atoms with Crippen molar-refractivity contribution >= 4 is 18.1 Å². The summed E-state index contributed by atoms with van der Waals surface area (Å²) in [5.41, 5.74) is 1.83. The molecule has 0 saturated carbocycles. The first-order valence-electron chi connectivity index (χ1n) is 6.83. The zero-order valence-corrected chi connectivity index (χ0v) is 12.5. The van der Waals surface area contributed by atoms with Gasteiger partial charge in [-0.2, -0.15) is 0 Å². The Labute approximate surface area is 120 Å². The Balaban J connectivity index is 2.36. The van der Waals surface area contributed by atoms with E-state index in [1.54, 1.807) is 12.1 Å². The van der Waals surface area contributed by atoms with Crippen molar-refractivity contribution in [2.24, 2.45) is 0 Å². The molecule has 0 aliphatic carbocycles. The number of benzene rings is 1. The number of hydrogen-bond donors (Lipinski definition) is 1. The second-order valence-corrected chi connectivity index (χ2v) is 6.58. The zero-order valence-electron chi connectivity index (χ0n) is 12.5. The lowest BCUT2D eigenvalue weighted by Gasteiger charge is -2.43. The van der Waals surface area contributed by atoms with Gasteiger partial charge < -0.3 is 5.32 Å². The number of ketones is 1. The van der Waals surface area contributed by atoms with Crippen LogP contribution in [0.15, 0.2) is 29.8 Å². The van der Waals surface area contributed by atoms with Gasteiger partial charge in [0, 0.05) is 28.6 Å². The number of carbonyl (C=O) groups is 2. The van der Waals surface area contributed by atoms with Gasteiger partial charge in [0.05, 0.1) is 0 Å². The van der Waals surface area contributed by atoms with Crippen LogP contribution in [0.4, 0.5) is 0 Å². The molecule has 1 aliphatic heterocycles. The summed E-state index contributed by atoms with van der Waals surface area (Å²) in [5, 5.41) is 3.51. The summed E-state index contributed by atoms with van der Waals surface area (Å²) in [6.07, 6.45) is 3.23. The molecule has 1 heterocycles. The molecule has 3 nitrogen and oxygen atoms in total. The second kappa shape index (κ2) is 4.98. The third-order valence-electron chi connectivity index (χ3n) is 3.61. The molecule has 0 amide bonds. The lowest BCUT2D eigenvalue weighted by atomic mass is 9.77. The summed E-state index contributed by atoms with van der Waals surface area (Å²) in [4.78, 5) is 23.0. The molecule has 0 aromatic heterocycles. The van der Waals surface area contributed by atoms with Crippen LogP contribution >= 0.6 is 0 Å². The number of Topliss-reactive ketones (excluding diaryl/α,β-unsaturated/α-hetero) is 1. The number of piperidine rings is 1. The molecule has 1 aliphatic rings. The number of hydrogen-bond acceptors (Lipinski definition) is 3. The molecule has 3 heteroatoms. The second-order valence-electron chi connectivity index (χ2n) is 6.58. The largest absolute Gasteiger partial charge is 0.302 e. The van der Waals surface area contributed by atoms with Gasteiger partial charge in [-0.3, -0.25) is 9.59 Å². The van der Waals surface area contributed by atoms with Crippen molar-refractivity contribution in [2.75, 3.05) is 0 Å². The number of carbonyl (C=O) groups excluding carboxylic acids is 2. The Morgan fingerprint density at radius 1 is 1.05 bits per heavy atom. The highest BCUT2D eigenvalue weighted by Crippen LogP contribution is 2.31. The van der Waals surface area contributed by atoms with Crippen molar-refractivity contribution in [3.05, 3.63) is 41.0 Å². The van der Waals surface area contributed by atoms with E-state index in [2.05, 4.69) is 5.32 Å². The minimum Gasteiger partial charge on any atom is -0.302 e. The smallest absolute Gasteiger partial charge is 0.162 e. The van der Waals surface area contributed by atoms with E-state index in [1.807, 2.05) is 45.9 Å². The van der Waals surface area contributed by atoms with E-state index in [1.165, 1.54) is 0 Å². The van der Waals surface area contributed by atoms with Gasteiger partial charge in [0.15, 0.2) is 5.78 Å². The van der Waals surface area contributed by atoms with E-state index in [-0.39, 0.29) is 16.9 Å². The SMILES string of the molecule is CC1(C)CC(=O)C(=Cc2ccc(C=O)cc2)C(C)(C)N1. The third-order valence-corrected chi connectivity index (χ3v) is 3.61. The highest BCUT2D eigenvalue weighted by atomic mass is 16.1. The van der Waals surface area contributed by atoms with Gasteiger partial charge in [0.1, 0.15) is 6.29 Å². The third kappa shape index (κ3) is 3.05. The van der Waals surface area contributed by atoms with Crippen molar-refractivity contribution in [2.45, 2.75) is 45.2 Å². The molecule has 0 radical (unpaired) electrons. The normalized spacial score (nSPS) is 22.8. The maximum atomic E-state index is 12.4. The van der Waals surface area contributed by atoms with Crippen molar-refractivity contribution < 1.29 is 9.59 Å². The molecule has 20 heavy (non-hydrogen) atoms. The fourth-order valence-corrected chi connectivity index (χ4v) is 2.90. The Morgan fingerprint density at radius 2 is 1.60 bits per heavy atom. The summed E-state index contributed by atoms with van der Waals surface area (Å²) in [7, 11) is 0. The van der Waals surface area contributed by atoms with Gasteiger partial charge in [-0.05, 0) is 39.3 Å². The molecule has 1 fully saturated rings. The van der Waals surface area contributed by atoms with E-state index >= 15 is 0 Å². The van der Waals surface area contributed by atoms with Gasteiger partial charge in [0.2, 0.25) is 0 Å². The standard InChI is InChI=1S/C17H21NO2/c1-16(2)10-15(20)14(17(3,4)18-16)9-12-5-7-13(11-19)8-6-12/h5-9,11,18H,10H2,1-4H3. The Hall–Kier alpha value is -1.74. The van der Waals surface area contributed by atoms with E-state index < -0.39 is 0 Å². The fourth-order valence-electron chi connectivity index (χ4n) is 2.90. The molecule has 1 N–H and O–H groups in total. The lowest BCUT2D eigenvalue weighted by molar-refractivity contribution is -0.119. The van der Waals surface area contributed by atoms with Crippen LogP contribution in [0.1, 0.15) is 50.0 Å². The van der Waals surface area contributed by atoms with Gasteiger partial charge in [0.25, 0.3) is 0 Å². The maximum Gasteiger partial charge on any atom is 0.162 e. The summed E-state index contributed by atoms with van der Waals surface area (Å²) in [6, 6.07) is 7.24. The Kier molecular flexibility index (Phi) is 3.65. The van der Waals surface area contributed by atoms with Crippen LogP contribution in [0, 0.1) is 0 Å². The molecular weight excluding hydrogens is 250 g/mol. The molecule has 0 unspecified atom stereocenters. The first kappa shape index (κ1) is 14.7. The maximum absolute atomic E-state index is 12.4. The van der Waals surface area contributed by atoms with Crippen LogP contribution < -0.4 is 5.32 Å². The Morgan fingerprint density at radius 3 is 2.10 bits per heavy atom. The van der Waals surface area contributed by atoms with Crippen LogP contribution in [-0.2, 0) is 4.79 Å². The monoisotopic (exact) mass is 271 g/mol. The molecule has 0 spiro atoms.